The van der Waals surface area contributed by atoms with Crippen LogP contribution in [0.1, 0.15) is 11.7 Å². The van der Waals surface area contributed by atoms with Crippen molar-refractivity contribution in [1.82, 2.24) is 5.16 Å². The molecule has 0 aliphatic carbocycles. The van der Waals surface area contributed by atoms with Gasteiger partial charge in [-0.15, -0.1) is 0 Å². The summed E-state index contributed by atoms with van der Waals surface area (Å²) in [7, 11) is 0. The van der Waals surface area contributed by atoms with Crippen molar-refractivity contribution < 1.29 is 30.9 Å². The average Bonchev–Trinajstić information content (AvgIpc) is 2.30. The van der Waals surface area contributed by atoms with Gasteiger partial charge in [0.05, 0.1) is 11.9 Å². The summed E-state index contributed by atoms with van der Waals surface area (Å²) in [6.07, 6.45) is -10.5. The fraction of sp³-hybridized carbons (Fsp3) is 0.500. The Labute approximate surface area is 78.8 Å². The largest absolute Gasteiger partial charge is 0.407 e. The van der Waals surface area contributed by atoms with Crippen molar-refractivity contribution in [2.24, 2.45) is 0 Å². The lowest BCUT2D eigenvalue weighted by molar-refractivity contribution is -0.257. The topological polar surface area (TPSA) is 52.0 Å². The van der Waals surface area contributed by atoms with Crippen LogP contribution in [0.15, 0.2) is 10.7 Å². The van der Waals surface area contributed by atoms with Gasteiger partial charge in [-0.05, 0) is 0 Å². The monoisotopic (exact) mass is 234 g/mol. The third-order valence-electron chi connectivity index (χ3n) is 1.54. The Morgan fingerprint density at radius 3 is 1.87 bits per heavy atom. The third-order valence-corrected chi connectivity index (χ3v) is 1.54. The van der Waals surface area contributed by atoms with Crippen LogP contribution in [-0.4, -0.2) is 17.5 Å². The Kier molecular flexibility index (Phi) is 2.58. The van der Waals surface area contributed by atoms with Gasteiger partial charge in [-0.2, -0.15) is 26.3 Å². The minimum absolute atomic E-state index is 0.583. The standard InChI is InChI=1S/C6H4F6N2O/c7-5(8,9)4(6(10,11)12)3-2(13)1-14-15-3/h1,4H,13H2. The van der Waals surface area contributed by atoms with Gasteiger partial charge in [-0.25, -0.2) is 0 Å². The van der Waals surface area contributed by atoms with E-state index in [1.807, 2.05) is 0 Å². The molecule has 0 saturated heterocycles. The van der Waals surface area contributed by atoms with E-state index in [0.717, 1.165) is 0 Å². The summed E-state index contributed by atoms with van der Waals surface area (Å²) in [5.41, 5.74) is 4.10. The van der Waals surface area contributed by atoms with E-state index in [2.05, 4.69) is 9.68 Å². The SMILES string of the molecule is Nc1cnoc1C(C(F)(F)F)C(F)(F)F. The van der Waals surface area contributed by atoms with Crippen LogP contribution in [0.3, 0.4) is 0 Å². The smallest absolute Gasteiger partial charge is 0.395 e. The number of nitrogens with zero attached hydrogens (tertiary/aromatic N) is 1. The molecule has 0 amide bonds. The second-order valence-electron chi connectivity index (χ2n) is 2.66. The zero-order valence-electron chi connectivity index (χ0n) is 6.86. The Morgan fingerprint density at radius 2 is 1.60 bits per heavy atom. The molecular formula is C6H4F6N2O. The van der Waals surface area contributed by atoms with Crippen molar-refractivity contribution in [2.75, 3.05) is 5.73 Å². The molecule has 0 radical (unpaired) electrons. The van der Waals surface area contributed by atoms with E-state index >= 15 is 0 Å². The molecule has 15 heavy (non-hydrogen) atoms. The van der Waals surface area contributed by atoms with Crippen LogP contribution < -0.4 is 5.73 Å². The van der Waals surface area contributed by atoms with E-state index in [-0.39, 0.29) is 0 Å². The van der Waals surface area contributed by atoms with Crippen LogP contribution in [0.2, 0.25) is 0 Å². The van der Waals surface area contributed by atoms with Gasteiger partial charge in [-0.3, -0.25) is 0 Å². The van der Waals surface area contributed by atoms with Gasteiger partial charge in [0, 0.05) is 0 Å². The predicted octanol–water partition coefficient (Wildman–Crippen LogP) is 2.47. The Hall–Kier alpha value is -1.41. The molecular weight excluding hydrogens is 230 g/mol. The Morgan fingerprint density at radius 1 is 1.13 bits per heavy atom. The molecule has 0 aliphatic heterocycles. The van der Waals surface area contributed by atoms with E-state index in [0.29, 0.717) is 6.20 Å². The average molecular weight is 234 g/mol. The van der Waals surface area contributed by atoms with Crippen molar-refractivity contribution in [1.29, 1.82) is 0 Å². The molecule has 0 spiro atoms. The quantitative estimate of drug-likeness (QED) is 0.759. The summed E-state index contributed by atoms with van der Waals surface area (Å²) in [6.45, 7) is 0. The zero-order chi connectivity index (χ0) is 11.9. The zero-order valence-corrected chi connectivity index (χ0v) is 6.86. The van der Waals surface area contributed by atoms with E-state index in [1.54, 1.807) is 0 Å². The van der Waals surface area contributed by atoms with Crippen molar-refractivity contribution in [3.05, 3.63) is 12.0 Å². The maximum Gasteiger partial charge on any atom is 0.407 e. The molecule has 0 saturated carbocycles. The first-order valence-corrected chi connectivity index (χ1v) is 3.47. The number of hydrogen-bond acceptors (Lipinski definition) is 3. The number of anilines is 1. The Balaban J connectivity index is 3.20. The lowest BCUT2D eigenvalue weighted by Crippen LogP contribution is -2.34. The van der Waals surface area contributed by atoms with Crippen LogP contribution in [0.5, 0.6) is 0 Å². The van der Waals surface area contributed by atoms with Crippen molar-refractivity contribution in [3.63, 3.8) is 0 Å². The number of nitrogen functional groups attached to an aromatic ring is 1. The lowest BCUT2D eigenvalue weighted by Gasteiger charge is -2.20. The molecule has 0 fully saturated rings. The van der Waals surface area contributed by atoms with Crippen LogP contribution in [-0.2, 0) is 0 Å². The number of alkyl halides is 6. The molecule has 3 nitrogen and oxygen atoms in total. The van der Waals surface area contributed by atoms with E-state index < -0.39 is 29.7 Å². The van der Waals surface area contributed by atoms with Crippen LogP contribution in [0.4, 0.5) is 32.0 Å². The molecule has 0 atom stereocenters. The van der Waals surface area contributed by atoms with Crippen LogP contribution in [0.25, 0.3) is 0 Å². The van der Waals surface area contributed by atoms with Crippen molar-refractivity contribution in [3.8, 4) is 0 Å². The second kappa shape index (κ2) is 3.31. The minimum atomic E-state index is -5.52. The molecule has 1 aromatic heterocycles. The summed E-state index contributed by atoms with van der Waals surface area (Å²) in [6, 6.07) is 0. The lowest BCUT2D eigenvalue weighted by atomic mass is 10.0. The predicted molar refractivity (Wildman–Crippen MR) is 35.8 cm³/mol. The van der Waals surface area contributed by atoms with Gasteiger partial charge in [0.2, 0.25) is 5.92 Å². The maximum atomic E-state index is 12.1. The minimum Gasteiger partial charge on any atom is -0.395 e. The first kappa shape index (κ1) is 11.7. The van der Waals surface area contributed by atoms with Crippen LogP contribution >= 0.6 is 0 Å². The summed E-state index contributed by atoms with van der Waals surface area (Å²) in [4.78, 5) is 0. The summed E-state index contributed by atoms with van der Waals surface area (Å²) in [5, 5.41) is 2.77. The highest BCUT2D eigenvalue weighted by molar-refractivity contribution is 5.41. The molecule has 2 N–H and O–H groups in total. The van der Waals surface area contributed by atoms with Gasteiger partial charge < -0.3 is 10.3 Å². The van der Waals surface area contributed by atoms with E-state index in [1.165, 1.54) is 0 Å². The third kappa shape index (κ3) is 2.34. The summed E-state index contributed by atoms with van der Waals surface area (Å²) >= 11 is 0. The number of nitrogens with two attached hydrogens (primary N) is 1. The number of rotatable bonds is 1. The molecule has 0 aromatic carbocycles. The fourth-order valence-corrected chi connectivity index (χ4v) is 0.958. The molecule has 0 unspecified atom stereocenters. The molecule has 9 heteroatoms. The van der Waals surface area contributed by atoms with Gasteiger partial charge in [-0.1, -0.05) is 5.16 Å². The molecule has 86 valence electrons. The van der Waals surface area contributed by atoms with Gasteiger partial charge in [0.15, 0.2) is 5.76 Å². The first-order valence-electron chi connectivity index (χ1n) is 3.47. The molecule has 0 bridgehead atoms. The number of aromatic nitrogens is 1. The van der Waals surface area contributed by atoms with Crippen molar-refractivity contribution in [2.45, 2.75) is 18.3 Å². The van der Waals surface area contributed by atoms with E-state index in [4.69, 9.17) is 5.73 Å². The number of halogens is 6. The summed E-state index contributed by atoms with van der Waals surface area (Å²) < 4.78 is 76.4. The van der Waals surface area contributed by atoms with Gasteiger partial charge in [0.25, 0.3) is 0 Å². The molecule has 1 rings (SSSR count). The molecule has 0 aliphatic rings. The number of hydrogen-bond donors (Lipinski definition) is 1. The maximum absolute atomic E-state index is 12.1. The van der Waals surface area contributed by atoms with E-state index in [9.17, 15) is 26.3 Å². The highest BCUT2D eigenvalue weighted by atomic mass is 19.4. The fourth-order valence-electron chi connectivity index (χ4n) is 0.958. The van der Waals surface area contributed by atoms with Crippen LogP contribution in [0, 0.1) is 0 Å². The second-order valence-corrected chi connectivity index (χ2v) is 2.66. The highest BCUT2D eigenvalue weighted by Gasteiger charge is 2.60. The Bertz CT molecular complexity index is 326. The van der Waals surface area contributed by atoms with Gasteiger partial charge >= 0.3 is 12.4 Å². The summed E-state index contributed by atoms with van der Waals surface area (Å²) in [5.74, 6) is -5.18. The molecule has 1 aromatic rings. The highest BCUT2D eigenvalue weighted by Crippen LogP contribution is 2.47. The first-order chi connectivity index (χ1) is 6.64. The normalized spacial score (nSPS) is 13.5. The van der Waals surface area contributed by atoms with Crippen molar-refractivity contribution >= 4 is 5.69 Å². The molecule has 1 heterocycles. The van der Waals surface area contributed by atoms with Gasteiger partial charge in [0.1, 0.15) is 0 Å².